The third-order valence-electron chi connectivity index (χ3n) is 3.18. The summed E-state index contributed by atoms with van der Waals surface area (Å²) in [7, 11) is 0. The monoisotopic (exact) mass is 368 g/mol. The number of hydrogen-bond acceptors (Lipinski definition) is 3. The maximum absolute atomic E-state index is 5.98. The van der Waals surface area contributed by atoms with Crippen molar-refractivity contribution in [2.75, 3.05) is 0 Å². The average molecular weight is 370 g/mol. The van der Waals surface area contributed by atoms with Crippen molar-refractivity contribution in [1.29, 1.82) is 0 Å². The normalized spacial score (nSPS) is 11.5. The van der Waals surface area contributed by atoms with Gasteiger partial charge in [-0.2, -0.15) is 0 Å². The molecule has 0 amide bonds. The quantitative estimate of drug-likeness (QED) is 0.666. The van der Waals surface area contributed by atoms with E-state index in [4.69, 9.17) is 16.3 Å². The maximum Gasteiger partial charge on any atom is 0.238 e. The summed E-state index contributed by atoms with van der Waals surface area (Å²) in [6, 6.07) is 6.25. The van der Waals surface area contributed by atoms with Gasteiger partial charge in [0, 0.05) is 5.56 Å². The van der Waals surface area contributed by atoms with Crippen LogP contribution in [0.15, 0.2) is 29.0 Å². The van der Waals surface area contributed by atoms with Crippen molar-refractivity contribution in [3.8, 4) is 11.6 Å². The van der Waals surface area contributed by atoms with E-state index in [1.54, 1.807) is 0 Å². The first-order valence-electron chi connectivity index (χ1n) is 6.80. The highest BCUT2D eigenvalue weighted by Gasteiger charge is 2.21. The molecule has 0 atom stereocenters. The van der Waals surface area contributed by atoms with Crippen LogP contribution in [0.4, 0.5) is 0 Å². The second-order valence-electron chi connectivity index (χ2n) is 5.82. The largest absolute Gasteiger partial charge is 0.437 e. The van der Waals surface area contributed by atoms with Gasteiger partial charge in [0.1, 0.15) is 16.5 Å². The summed E-state index contributed by atoms with van der Waals surface area (Å²) in [5, 5.41) is 0.336. The van der Waals surface area contributed by atoms with E-state index in [1.807, 2.05) is 6.07 Å². The smallest absolute Gasteiger partial charge is 0.238 e. The summed E-state index contributed by atoms with van der Waals surface area (Å²) in [4.78, 5) is 8.04. The molecular formula is C16H18BrClN2O. The van der Waals surface area contributed by atoms with Crippen LogP contribution < -0.4 is 4.74 Å². The number of aromatic nitrogens is 2. The fourth-order valence-corrected chi connectivity index (χ4v) is 2.39. The zero-order valence-electron chi connectivity index (χ0n) is 12.6. The molecule has 1 aromatic carbocycles. The first-order valence-corrected chi connectivity index (χ1v) is 7.97. The summed E-state index contributed by atoms with van der Waals surface area (Å²) < 4.78 is 6.53. The van der Waals surface area contributed by atoms with E-state index in [0.717, 1.165) is 17.7 Å². The predicted octanol–water partition coefficient (Wildman–Crippen LogP) is 5.54. The lowest BCUT2D eigenvalue weighted by atomic mass is 9.85. The number of aryl methyl sites for hydroxylation is 1. The van der Waals surface area contributed by atoms with Crippen LogP contribution in [0.1, 0.15) is 38.8 Å². The van der Waals surface area contributed by atoms with Crippen LogP contribution in [0.5, 0.6) is 11.6 Å². The molecule has 21 heavy (non-hydrogen) atoms. The molecular weight excluding hydrogens is 352 g/mol. The average Bonchev–Trinajstić information content (AvgIpc) is 2.43. The fourth-order valence-electron chi connectivity index (χ4n) is 1.98. The van der Waals surface area contributed by atoms with Crippen molar-refractivity contribution in [2.45, 2.75) is 39.5 Å². The van der Waals surface area contributed by atoms with Crippen LogP contribution in [-0.2, 0) is 11.8 Å². The zero-order chi connectivity index (χ0) is 15.6. The molecule has 0 fully saturated rings. The second kappa shape index (κ2) is 6.32. The van der Waals surface area contributed by atoms with E-state index < -0.39 is 0 Å². The molecule has 0 N–H and O–H groups in total. The van der Waals surface area contributed by atoms with Crippen LogP contribution in [0.25, 0.3) is 0 Å². The lowest BCUT2D eigenvalue weighted by molar-refractivity contribution is 0.435. The van der Waals surface area contributed by atoms with E-state index in [1.165, 1.54) is 11.9 Å². The van der Waals surface area contributed by atoms with Gasteiger partial charge in [-0.3, -0.25) is 0 Å². The third kappa shape index (κ3) is 3.74. The highest BCUT2D eigenvalue weighted by molar-refractivity contribution is 9.10. The molecule has 0 aliphatic rings. The summed E-state index contributed by atoms with van der Waals surface area (Å²) >= 11 is 9.34. The standard InChI is InChI=1S/C16H18BrClN2O/c1-5-10-6-7-12(11(8-10)16(2,3)4)21-15-13(17)14(18)19-9-20-15/h6-9H,5H2,1-4H3. The molecule has 0 bridgehead atoms. The molecule has 0 aliphatic carbocycles. The molecule has 0 radical (unpaired) electrons. The van der Waals surface area contributed by atoms with E-state index in [-0.39, 0.29) is 5.41 Å². The first kappa shape index (κ1) is 16.2. The molecule has 0 saturated carbocycles. The molecule has 112 valence electrons. The van der Waals surface area contributed by atoms with Crippen LogP contribution >= 0.6 is 27.5 Å². The molecule has 0 saturated heterocycles. The van der Waals surface area contributed by atoms with Crippen molar-refractivity contribution in [3.63, 3.8) is 0 Å². The van der Waals surface area contributed by atoms with Crippen molar-refractivity contribution < 1.29 is 4.74 Å². The SMILES string of the molecule is CCc1ccc(Oc2ncnc(Cl)c2Br)c(C(C)(C)C)c1. The highest BCUT2D eigenvalue weighted by atomic mass is 79.9. The molecule has 0 unspecified atom stereocenters. The van der Waals surface area contributed by atoms with Crippen molar-refractivity contribution in [1.82, 2.24) is 9.97 Å². The summed E-state index contributed by atoms with van der Waals surface area (Å²) in [6.07, 6.45) is 2.38. The Morgan fingerprint density at radius 1 is 1.24 bits per heavy atom. The Labute approximate surface area is 138 Å². The van der Waals surface area contributed by atoms with Gasteiger partial charge in [-0.25, -0.2) is 9.97 Å². The Kier molecular flexibility index (Phi) is 4.89. The van der Waals surface area contributed by atoms with Crippen LogP contribution in [0.2, 0.25) is 5.15 Å². The van der Waals surface area contributed by atoms with Gasteiger partial charge in [-0.15, -0.1) is 0 Å². The van der Waals surface area contributed by atoms with Gasteiger partial charge in [0.05, 0.1) is 0 Å². The number of nitrogens with zero attached hydrogens (tertiary/aromatic N) is 2. The summed E-state index contributed by atoms with van der Waals surface area (Å²) in [5.74, 6) is 1.21. The molecule has 2 rings (SSSR count). The van der Waals surface area contributed by atoms with Gasteiger partial charge < -0.3 is 4.74 Å². The molecule has 1 heterocycles. The summed E-state index contributed by atoms with van der Waals surface area (Å²) in [6.45, 7) is 8.63. The Balaban J connectivity index is 2.46. The number of hydrogen-bond donors (Lipinski definition) is 0. The zero-order valence-corrected chi connectivity index (χ0v) is 14.9. The lowest BCUT2D eigenvalue weighted by Gasteiger charge is -2.23. The van der Waals surface area contributed by atoms with Crippen LogP contribution in [0.3, 0.4) is 0 Å². The highest BCUT2D eigenvalue weighted by Crippen LogP contribution is 2.37. The number of halogens is 2. The minimum Gasteiger partial charge on any atom is -0.437 e. The van der Waals surface area contributed by atoms with Gasteiger partial charge in [-0.1, -0.05) is 51.4 Å². The third-order valence-corrected chi connectivity index (χ3v) is 4.41. The lowest BCUT2D eigenvalue weighted by Crippen LogP contribution is -2.13. The number of benzene rings is 1. The number of ether oxygens (including phenoxy) is 1. The van der Waals surface area contributed by atoms with Crippen molar-refractivity contribution in [2.24, 2.45) is 0 Å². The Morgan fingerprint density at radius 2 is 1.95 bits per heavy atom. The molecule has 1 aromatic heterocycles. The Hall–Kier alpha value is -1.13. The molecule has 0 aliphatic heterocycles. The van der Waals surface area contributed by atoms with Crippen molar-refractivity contribution in [3.05, 3.63) is 45.3 Å². The summed E-state index contributed by atoms with van der Waals surface area (Å²) in [5.41, 5.74) is 2.40. The molecule has 3 nitrogen and oxygen atoms in total. The van der Waals surface area contributed by atoms with E-state index in [2.05, 4.69) is 65.7 Å². The Morgan fingerprint density at radius 3 is 2.57 bits per heavy atom. The van der Waals surface area contributed by atoms with Gasteiger partial charge in [-0.05, 0) is 39.4 Å². The minimum absolute atomic E-state index is 0.0240. The number of rotatable bonds is 3. The van der Waals surface area contributed by atoms with Crippen LogP contribution in [-0.4, -0.2) is 9.97 Å². The topological polar surface area (TPSA) is 35.0 Å². The van der Waals surface area contributed by atoms with Gasteiger partial charge >= 0.3 is 0 Å². The Bertz CT molecular complexity index is 653. The maximum atomic E-state index is 5.98. The fraction of sp³-hybridized carbons (Fsp3) is 0.375. The van der Waals surface area contributed by atoms with E-state index >= 15 is 0 Å². The second-order valence-corrected chi connectivity index (χ2v) is 6.97. The molecule has 5 heteroatoms. The first-order chi connectivity index (χ1) is 9.82. The molecule has 0 spiro atoms. The minimum atomic E-state index is -0.0240. The van der Waals surface area contributed by atoms with Crippen molar-refractivity contribution >= 4 is 27.5 Å². The van der Waals surface area contributed by atoms with E-state index in [9.17, 15) is 0 Å². The van der Waals surface area contributed by atoms with E-state index in [0.29, 0.717) is 15.5 Å². The van der Waals surface area contributed by atoms with Gasteiger partial charge in [0.15, 0.2) is 5.15 Å². The van der Waals surface area contributed by atoms with Gasteiger partial charge in [0.25, 0.3) is 0 Å². The van der Waals surface area contributed by atoms with Gasteiger partial charge in [0.2, 0.25) is 5.88 Å². The molecule has 2 aromatic rings. The predicted molar refractivity (Wildman–Crippen MR) is 89.3 cm³/mol. The van der Waals surface area contributed by atoms with Crippen LogP contribution in [0, 0.1) is 0 Å².